The van der Waals surface area contributed by atoms with Crippen LogP contribution in [0.25, 0.3) is 32.8 Å². The lowest BCUT2D eigenvalue weighted by atomic mass is 10.1. The van der Waals surface area contributed by atoms with Crippen LogP contribution in [0.3, 0.4) is 0 Å². The molecule has 0 unspecified atom stereocenters. The number of fused-ring (bicyclic) bond motifs is 4. The van der Waals surface area contributed by atoms with Crippen LogP contribution < -0.4 is 10.9 Å². The fourth-order valence-electron chi connectivity index (χ4n) is 3.92. The molecule has 0 atom stereocenters. The maximum atomic E-state index is 12.4. The summed E-state index contributed by atoms with van der Waals surface area (Å²) >= 11 is 0. The molecule has 0 saturated carbocycles. The zero-order valence-electron chi connectivity index (χ0n) is 16.9. The summed E-state index contributed by atoms with van der Waals surface area (Å²) in [7, 11) is 0. The Morgan fingerprint density at radius 3 is 2.77 bits per heavy atom. The number of aromatic amines is 1. The van der Waals surface area contributed by atoms with E-state index < -0.39 is 0 Å². The van der Waals surface area contributed by atoms with E-state index in [-0.39, 0.29) is 5.56 Å². The van der Waals surface area contributed by atoms with E-state index in [0.717, 1.165) is 46.8 Å². The molecule has 5 aromatic rings. The van der Waals surface area contributed by atoms with Crippen LogP contribution >= 0.6 is 0 Å². The molecule has 0 fully saturated rings. The molecule has 2 aromatic carbocycles. The second-order valence-corrected chi connectivity index (χ2v) is 7.56. The standard InChI is InChI=1S/C24H23N5O/c1-2-3-6-13-29-22(30)12-9-16-15-25-24(28-23(16)29)26-17-10-11-21-19(14-17)18-7-4-5-8-20(18)27-21/h4-5,7-12,14-15,27H,2-3,6,13H2,1H3,(H,25,26,28). The van der Waals surface area contributed by atoms with Crippen molar-refractivity contribution in [3.05, 3.63) is 71.1 Å². The Labute approximate surface area is 173 Å². The van der Waals surface area contributed by atoms with Crippen LogP contribution in [0.1, 0.15) is 26.2 Å². The van der Waals surface area contributed by atoms with Gasteiger partial charge in [0, 0.05) is 51.7 Å². The van der Waals surface area contributed by atoms with Crippen molar-refractivity contribution >= 4 is 44.5 Å². The summed E-state index contributed by atoms with van der Waals surface area (Å²) in [6.07, 6.45) is 4.92. The van der Waals surface area contributed by atoms with E-state index in [1.54, 1.807) is 22.9 Å². The van der Waals surface area contributed by atoms with E-state index in [9.17, 15) is 4.79 Å². The number of H-pyrrole nitrogens is 1. The molecule has 0 aliphatic rings. The average molecular weight is 397 g/mol. The number of aryl methyl sites for hydroxylation is 1. The van der Waals surface area contributed by atoms with E-state index in [0.29, 0.717) is 18.1 Å². The van der Waals surface area contributed by atoms with Crippen LogP contribution in [0.5, 0.6) is 0 Å². The highest BCUT2D eigenvalue weighted by molar-refractivity contribution is 6.08. The van der Waals surface area contributed by atoms with Gasteiger partial charge in [-0.1, -0.05) is 38.0 Å². The van der Waals surface area contributed by atoms with Gasteiger partial charge >= 0.3 is 0 Å². The van der Waals surface area contributed by atoms with Crippen molar-refractivity contribution in [2.24, 2.45) is 0 Å². The maximum absolute atomic E-state index is 12.4. The van der Waals surface area contributed by atoms with Crippen molar-refractivity contribution in [3.8, 4) is 0 Å². The largest absolute Gasteiger partial charge is 0.355 e. The minimum Gasteiger partial charge on any atom is -0.355 e. The van der Waals surface area contributed by atoms with Crippen molar-refractivity contribution < 1.29 is 0 Å². The number of unbranched alkanes of at least 4 members (excludes halogenated alkanes) is 2. The second kappa shape index (κ2) is 7.63. The highest BCUT2D eigenvalue weighted by Gasteiger charge is 2.09. The van der Waals surface area contributed by atoms with Crippen molar-refractivity contribution in [1.82, 2.24) is 19.5 Å². The number of rotatable bonds is 6. The second-order valence-electron chi connectivity index (χ2n) is 7.56. The molecule has 30 heavy (non-hydrogen) atoms. The summed E-state index contributed by atoms with van der Waals surface area (Å²) in [5, 5.41) is 6.50. The van der Waals surface area contributed by atoms with Gasteiger partial charge in [-0.05, 0) is 36.8 Å². The third-order valence-corrected chi connectivity index (χ3v) is 5.47. The van der Waals surface area contributed by atoms with Gasteiger partial charge in [-0.25, -0.2) is 4.98 Å². The summed E-state index contributed by atoms with van der Waals surface area (Å²) in [6, 6.07) is 17.8. The summed E-state index contributed by atoms with van der Waals surface area (Å²) in [5.74, 6) is 0.483. The zero-order valence-corrected chi connectivity index (χ0v) is 16.9. The van der Waals surface area contributed by atoms with Crippen LogP contribution in [-0.4, -0.2) is 19.5 Å². The van der Waals surface area contributed by atoms with Gasteiger partial charge in [0.05, 0.1) is 0 Å². The predicted molar refractivity (Wildman–Crippen MR) is 122 cm³/mol. The molecular formula is C24H23N5O. The van der Waals surface area contributed by atoms with E-state index in [4.69, 9.17) is 0 Å². The molecule has 2 N–H and O–H groups in total. The molecule has 0 aliphatic heterocycles. The van der Waals surface area contributed by atoms with Crippen molar-refractivity contribution in [2.75, 3.05) is 5.32 Å². The van der Waals surface area contributed by atoms with Gasteiger partial charge in [-0.2, -0.15) is 4.98 Å². The Hall–Kier alpha value is -3.67. The van der Waals surface area contributed by atoms with Crippen LogP contribution in [0.15, 0.2) is 65.6 Å². The number of anilines is 2. The first-order chi connectivity index (χ1) is 14.7. The molecule has 0 bridgehead atoms. The summed E-state index contributed by atoms with van der Waals surface area (Å²) < 4.78 is 1.75. The first kappa shape index (κ1) is 18.4. The molecule has 6 heteroatoms. The predicted octanol–water partition coefficient (Wildman–Crippen LogP) is 5.36. The van der Waals surface area contributed by atoms with Crippen molar-refractivity contribution in [2.45, 2.75) is 32.7 Å². The van der Waals surface area contributed by atoms with E-state index in [1.165, 1.54) is 5.39 Å². The lowest BCUT2D eigenvalue weighted by molar-refractivity contribution is 0.599. The van der Waals surface area contributed by atoms with Crippen LogP contribution in [-0.2, 0) is 6.54 Å². The number of hydrogen-bond donors (Lipinski definition) is 2. The molecule has 5 rings (SSSR count). The topological polar surface area (TPSA) is 75.6 Å². The van der Waals surface area contributed by atoms with E-state index in [2.05, 4.69) is 51.5 Å². The lowest BCUT2D eigenvalue weighted by Gasteiger charge is -2.11. The molecule has 6 nitrogen and oxygen atoms in total. The highest BCUT2D eigenvalue weighted by atomic mass is 16.1. The first-order valence-corrected chi connectivity index (χ1v) is 10.4. The molecule has 3 heterocycles. The Kier molecular flexibility index (Phi) is 4.67. The molecule has 0 aliphatic carbocycles. The van der Waals surface area contributed by atoms with Crippen LogP contribution in [0.4, 0.5) is 11.6 Å². The number of benzene rings is 2. The van der Waals surface area contributed by atoms with E-state index in [1.807, 2.05) is 18.2 Å². The maximum Gasteiger partial charge on any atom is 0.252 e. The molecule has 0 spiro atoms. The average Bonchev–Trinajstić information content (AvgIpc) is 3.13. The molecule has 0 amide bonds. The quantitative estimate of drug-likeness (QED) is 0.378. The smallest absolute Gasteiger partial charge is 0.252 e. The number of nitrogens with zero attached hydrogens (tertiary/aromatic N) is 3. The minimum absolute atomic E-state index is 0.0246. The van der Waals surface area contributed by atoms with E-state index >= 15 is 0 Å². The lowest BCUT2D eigenvalue weighted by Crippen LogP contribution is -2.20. The minimum atomic E-state index is -0.0246. The first-order valence-electron chi connectivity index (χ1n) is 10.4. The third-order valence-electron chi connectivity index (χ3n) is 5.47. The molecule has 0 radical (unpaired) electrons. The summed E-state index contributed by atoms with van der Waals surface area (Å²) in [5.41, 5.74) is 3.75. The van der Waals surface area contributed by atoms with Gasteiger partial charge in [-0.15, -0.1) is 0 Å². The molecular weight excluding hydrogens is 374 g/mol. The number of para-hydroxylation sites is 1. The van der Waals surface area contributed by atoms with Crippen LogP contribution in [0.2, 0.25) is 0 Å². The molecule has 3 aromatic heterocycles. The van der Waals surface area contributed by atoms with Gasteiger partial charge in [0.25, 0.3) is 5.56 Å². The van der Waals surface area contributed by atoms with Crippen LogP contribution in [0, 0.1) is 0 Å². The molecule has 150 valence electrons. The third kappa shape index (κ3) is 3.30. The monoisotopic (exact) mass is 397 g/mol. The Morgan fingerprint density at radius 2 is 1.87 bits per heavy atom. The van der Waals surface area contributed by atoms with Crippen molar-refractivity contribution in [3.63, 3.8) is 0 Å². The number of aromatic nitrogens is 4. The van der Waals surface area contributed by atoms with Gasteiger partial charge in [0.15, 0.2) is 0 Å². The Balaban J connectivity index is 1.52. The highest BCUT2D eigenvalue weighted by Crippen LogP contribution is 2.28. The SMILES string of the molecule is CCCCCn1c(=O)ccc2cnc(Nc3ccc4[nH]c5ccccc5c4c3)nc21. The Bertz CT molecular complexity index is 1420. The molecule has 0 saturated heterocycles. The normalized spacial score (nSPS) is 11.5. The summed E-state index contributed by atoms with van der Waals surface area (Å²) in [6.45, 7) is 2.82. The fourth-order valence-corrected chi connectivity index (χ4v) is 3.92. The van der Waals surface area contributed by atoms with Gasteiger partial charge in [0.1, 0.15) is 5.65 Å². The van der Waals surface area contributed by atoms with Crippen molar-refractivity contribution in [1.29, 1.82) is 0 Å². The fraction of sp³-hybridized carbons (Fsp3) is 0.208. The van der Waals surface area contributed by atoms with Gasteiger partial charge in [0.2, 0.25) is 5.95 Å². The number of pyridine rings is 1. The summed E-state index contributed by atoms with van der Waals surface area (Å²) in [4.78, 5) is 25.0. The zero-order chi connectivity index (χ0) is 20.5. The van der Waals surface area contributed by atoms with Gasteiger partial charge in [-0.3, -0.25) is 9.36 Å². The Morgan fingerprint density at radius 1 is 1.00 bits per heavy atom. The number of nitrogens with one attached hydrogen (secondary N) is 2. The number of hydrogen-bond acceptors (Lipinski definition) is 4. The van der Waals surface area contributed by atoms with Gasteiger partial charge < -0.3 is 10.3 Å².